The van der Waals surface area contributed by atoms with E-state index in [1.54, 1.807) is 30.2 Å². The maximum absolute atomic E-state index is 14.9. The molecule has 12 nitrogen and oxygen atoms in total. The van der Waals surface area contributed by atoms with E-state index in [0.717, 1.165) is 15.8 Å². The Morgan fingerprint density at radius 2 is 1.74 bits per heavy atom. The number of halogens is 1. The van der Waals surface area contributed by atoms with E-state index in [0.29, 0.717) is 23.4 Å². The van der Waals surface area contributed by atoms with Crippen molar-refractivity contribution >= 4 is 52.4 Å². The van der Waals surface area contributed by atoms with Crippen LogP contribution in [0.2, 0.25) is 18.6 Å². The monoisotopic (exact) mass is 770 g/mol. The van der Waals surface area contributed by atoms with Gasteiger partial charge >= 0.3 is 0 Å². The first kappa shape index (κ1) is 36.6. The van der Waals surface area contributed by atoms with Gasteiger partial charge in [-0.25, -0.2) is 0 Å². The summed E-state index contributed by atoms with van der Waals surface area (Å²) < 4.78 is 18.2. The number of hydrogen-bond acceptors (Lipinski definition) is 10. The molecule has 1 spiro atoms. The SMILES string of the molecule is COc1ccc([Si](C)(C)[C@H]2[C@H](CCO)O[C@@]3(C(=O)N(Cc4cccc(NC(=O)[C@H]5O[C@@H](O)[C@H](O)[C@@H](O)[C@@H]5O)c4)c4ccc(Br)cc43)[C@@H]2C)cc1. The molecule has 0 radical (unpaired) electrons. The second-order valence-corrected chi connectivity index (χ2v) is 19.4. The van der Waals surface area contributed by atoms with Crippen LogP contribution in [0.1, 0.15) is 24.5 Å². The fourth-order valence-corrected chi connectivity index (χ4v) is 12.5. The number of aliphatic hydroxyl groups excluding tert-OH is 5. The van der Waals surface area contributed by atoms with Crippen LogP contribution < -0.4 is 20.1 Å². The number of carbonyl (C=O) groups excluding carboxylic acids is 2. The largest absolute Gasteiger partial charge is 0.497 e. The van der Waals surface area contributed by atoms with Crippen LogP contribution in [-0.4, -0.2) is 95.9 Å². The van der Waals surface area contributed by atoms with E-state index in [-0.39, 0.29) is 36.6 Å². The van der Waals surface area contributed by atoms with E-state index < -0.39 is 50.3 Å². The Bertz CT molecular complexity index is 1740. The average Bonchev–Trinajstić information content (AvgIpc) is 3.51. The Labute approximate surface area is 299 Å². The van der Waals surface area contributed by atoms with Gasteiger partial charge in [-0.05, 0) is 60.0 Å². The summed E-state index contributed by atoms with van der Waals surface area (Å²) in [6, 6.07) is 20.6. The van der Waals surface area contributed by atoms with Crippen LogP contribution in [0.3, 0.4) is 0 Å². The van der Waals surface area contributed by atoms with E-state index in [1.807, 2.05) is 36.4 Å². The van der Waals surface area contributed by atoms with Crippen molar-refractivity contribution < 1.29 is 49.3 Å². The van der Waals surface area contributed by atoms with Gasteiger partial charge in [0.25, 0.3) is 11.8 Å². The van der Waals surface area contributed by atoms with Gasteiger partial charge in [-0.2, -0.15) is 0 Å². The van der Waals surface area contributed by atoms with E-state index in [1.165, 1.54) is 5.19 Å². The fraction of sp³-hybridized carbons (Fsp3) is 0.444. The highest BCUT2D eigenvalue weighted by atomic mass is 79.9. The molecule has 3 aromatic carbocycles. The number of fused-ring (bicyclic) bond motifs is 2. The molecule has 3 aliphatic rings. The highest BCUT2D eigenvalue weighted by Crippen LogP contribution is 2.60. The number of amides is 2. The third-order valence-electron chi connectivity index (χ3n) is 10.6. The third-order valence-corrected chi connectivity index (χ3v) is 15.4. The van der Waals surface area contributed by atoms with Gasteiger partial charge in [-0.15, -0.1) is 0 Å². The second-order valence-electron chi connectivity index (χ2n) is 13.8. The predicted molar refractivity (Wildman–Crippen MR) is 191 cm³/mol. The Balaban J connectivity index is 1.30. The van der Waals surface area contributed by atoms with Crippen molar-refractivity contribution in [2.24, 2.45) is 5.92 Å². The molecule has 3 aromatic rings. The number of hydrogen-bond donors (Lipinski definition) is 6. The lowest BCUT2D eigenvalue weighted by Gasteiger charge is -2.37. The van der Waals surface area contributed by atoms with E-state index >= 15 is 0 Å². The number of methoxy groups -OCH3 is 1. The highest BCUT2D eigenvalue weighted by molar-refractivity contribution is 9.10. The molecule has 0 bridgehead atoms. The summed E-state index contributed by atoms with van der Waals surface area (Å²) in [6.07, 6.45) is -8.79. The minimum atomic E-state index is -2.34. The zero-order valence-corrected chi connectivity index (χ0v) is 30.8. The Kier molecular flexibility index (Phi) is 10.3. The maximum atomic E-state index is 14.9. The average molecular weight is 772 g/mol. The summed E-state index contributed by atoms with van der Waals surface area (Å²) in [5.41, 5.74) is 1.15. The molecule has 6 rings (SSSR count). The van der Waals surface area contributed by atoms with Gasteiger partial charge in [0.1, 0.15) is 24.1 Å². The van der Waals surface area contributed by atoms with Crippen molar-refractivity contribution in [2.45, 2.75) is 80.9 Å². The summed E-state index contributed by atoms with van der Waals surface area (Å²) in [5, 5.41) is 54.0. The molecule has 3 aliphatic heterocycles. The Morgan fingerprint density at radius 1 is 1.02 bits per heavy atom. The van der Waals surface area contributed by atoms with Gasteiger partial charge in [0.05, 0.1) is 33.5 Å². The lowest BCUT2D eigenvalue weighted by Crippen LogP contribution is -2.60. The molecule has 2 amide bonds. The summed E-state index contributed by atoms with van der Waals surface area (Å²) in [4.78, 5) is 29.6. The molecular weight excluding hydrogens is 728 g/mol. The van der Waals surface area contributed by atoms with Crippen LogP contribution in [0.5, 0.6) is 5.75 Å². The first-order valence-corrected chi connectivity index (χ1v) is 20.4. The minimum absolute atomic E-state index is 0.0205. The van der Waals surface area contributed by atoms with Crippen LogP contribution in [-0.2, 0) is 31.2 Å². The number of benzene rings is 3. The second kappa shape index (κ2) is 14.1. The number of rotatable bonds is 9. The van der Waals surface area contributed by atoms with Gasteiger partial charge in [0.2, 0.25) is 0 Å². The van der Waals surface area contributed by atoms with Crippen molar-refractivity contribution in [3.05, 3.63) is 82.3 Å². The normalized spacial score (nSPS) is 30.8. The van der Waals surface area contributed by atoms with Crippen molar-refractivity contribution in [3.8, 4) is 5.75 Å². The first-order valence-electron chi connectivity index (χ1n) is 16.6. The molecular formula is C36H43BrN2O10Si. The minimum Gasteiger partial charge on any atom is -0.497 e. The molecule has 2 fully saturated rings. The summed E-state index contributed by atoms with van der Waals surface area (Å²) >= 11 is 3.61. The van der Waals surface area contributed by atoms with Crippen LogP contribution in [0.25, 0.3) is 0 Å². The molecule has 268 valence electrons. The Morgan fingerprint density at radius 3 is 2.42 bits per heavy atom. The zero-order chi connectivity index (χ0) is 36.1. The molecule has 0 aliphatic carbocycles. The van der Waals surface area contributed by atoms with E-state index in [4.69, 9.17) is 14.2 Å². The van der Waals surface area contributed by atoms with Gasteiger partial charge in [-0.1, -0.05) is 65.4 Å². The molecule has 0 saturated carbocycles. The standard InChI is InChI=1S/C36H43BrN2O10Si/c1-19-32(50(3,4)24-11-9-23(47-2)10-12-24)27(14-15-40)49-36(19)25-17-21(37)8-13-26(25)39(35(36)46)18-20-6-5-7-22(16-20)38-33(44)31-29(42)28(41)30(43)34(45)48-31/h5-13,16-17,19,27-32,34,40-43,45H,14-15,18H2,1-4H3,(H,38,44)/t19-,27+,28+,29+,30-,31+,32-,34-,36+/m1/s1. The van der Waals surface area contributed by atoms with Gasteiger partial charge in [0, 0.05) is 28.2 Å². The lowest BCUT2D eigenvalue weighted by atomic mass is 9.82. The smallest absolute Gasteiger partial charge is 0.264 e. The molecule has 50 heavy (non-hydrogen) atoms. The van der Waals surface area contributed by atoms with Crippen molar-refractivity contribution in [1.82, 2.24) is 0 Å². The highest BCUT2D eigenvalue weighted by Gasteiger charge is 2.66. The van der Waals surface area contributed by atoms with Gasteiger partial charge in [-0.3, -0.25) is 9.59 Å². The molecule has 0 unspecified atom stereocenters. The van der Waals surface area contributed by atoms with Crippen molar-refractivity contribution in [2.75, 3.05) is 23.9 Å². The fourth-order valence-electron chi connectivity index (χ4n) is 8.06. The third kappa shape index (κ3) is 6.20. The van der Waals surface area contributed by atoms with Gasteiger partial charge in [0.15, 0.2) is 18.0 Å². The van der Waals surface area contributed by atoms with E-state index in [2.05, 4.69) is 53.4 Å². The number of nitrogens with one attached hydrogen (secondary N) is 1. The Hall–Kier alpha value is -3.18. The van der Waals surface area contributed by atoms with Crippen molar-refractivity contribution in [3.63, 3.8) is 0 Å². The lowest BCUT2D eigenvalue weighted by molar-refractivity contribution is -0.274. The zero-order valence-electron chi connectivity index (χ0n) is 28.2. The molecule has 0 aromatic heterocycles. The number of anilines is 2. The van der Waals surface area contributed by atoms with Crippen LogP contribution in [0, 0.1) is 5.92 Å². The quantitative estimate of drug-likeness (QED) is 0.177. The van der Waals surface area contributed by atoms with Crippen molar-refractivity contribution in [1.29, 1.82) is 0 Å². The van der Waals surface area contributed by atoms with Crippen LogP contribution in [0.15, 0.2) is 71.2 Å². The molecule has 3 heterocycles. The maximum Gasteiger partial charge on any atom is 0.264 e. The molecule has 6 N–H and O–H groups in total. The molecule has 9 atom stereocenters. The van der Waals surface area contributed by atoms with Crippen LogP contribution >= 0.6 is 15.9 Å². The topological polar surface area (TPSA) is 178 Å². The van der Waals surface area contributed by atoms with Crippen LogP contribution in [0.4, 0.5) is 11.4 Å². The summed E-state index contributed by atoms with van der Waals surface area (Å²) in [7, 11) is -0.710. The number of nitrogens with zero attached hydrogens (tertiary/aromatic N) is 1. The summed E-state index contributed by atoms with van der Waals surface area (Å²) in [6.45, 7) is 6.71. The van der Waals surface area contributed by atoms with E-state index in [9.17, 15) is 35.1 Å². The predicted octanol–water partition coefficient (Wildman–Crippen LogP) is 2.34. The number of carbonyl (C=O) groups is 2. The summed E-state index contributed by atoms with van der Waals surface area (Å²) in [5.74, 6) is -0.522. The van der Waals surface area contributed by atoms with Gasteiger partial charge < -0.3 is 50.0 Å². The number of aliphatic hydroxyl groups is 5. The first-order chi connectivity index (χ1) is 23.7. The molecule has 14 heteroatoms. The molecule has 2 saturated heterocycles. The number of ether oxygens (including phenoxy) is 3.